The van der Waals surface area contributed by atoms with Gasteiger partial charge in [-0.3, -0.25) is 9.69 Å². The Labute approximate surface area is 77.9 Å². The van der Waals surface area contributed by atoms with E-state index in [1.165, 1.54) is 19.3 Å². The number of fused-ring (bicyclic) bond motifs is 1. The normalized spacial score (nSPS) is 35.4. The zero-order valence-corrected chi connectivity index (χ0v) is 7.70. The Bertz CT molecular complexity index is 208. The number of nitrogens with zero attached hydrogens (tertiary/aromatic N) is 1. The lowest BCUT2D eigenvalue weighted by Crippen LogP contribution is -2.60. The van der Waals surface area contributed by atoms with Gasteiger partial charge in [0.2, 0.25) is 0 Å². The number of piperidine rings is 1. The average Bonchev–Trinajstić information content (AvgIpc) is 2.17. The van der Waals surface area contributed by atoms with E-state index in [4.69, 9.17) is 5.11 Å². The molecule has 0 aliphatic carbocycles. The van der Waals surface area contributed by atoms with E-state index in [9.17, 15) is 4.79 Å². The zero-order valence-electron chi connectivity index (χ0n) is 7.70. The Morgan fingerprint density at radius 1 is 1.46 bits per heavy atom. The smallest absolute Gasteiger partial charge is 0.322 e. The fraction of sp³-hybridized carbons (Fsp3) is 0.889. The van der Waals surface area contributed by atoms with Gasteiger partial charge in [0.25, 0.3) is 0 Å². The quantitative estimate of drug-likeness (QED) is 0.597. The van der Waals surface area contributed by atoms with Crippen LogP contribution in [0.15, 0.2) is 0 Å². The molecule has 2 unspecified atom stereocenters. The number of hydrogen-bond acceptors (Lipinski definition) is 3. The van der Waals surface area contributed by atoms with Crippen molar-refractivity contribution in [1.29, 1.82) is 0 Å². The molecule has 4 heteroatoms. The summed E-state index contributed by atoms with van der Waals surface area (Å²) in [5, 5.41) is 11.9. The van der Waals surface area contributed by atoms with Crippen molar-refractivity contribution in [3.8, 4) is 0 Å². The molecule has 2 aliphatic heterocycles. The highest BCUT2D eigenvalue weighted by molar-refractivity contribution is 5.73. The van der Waals surface area contributed by atoms with Crippen LogP contribution in [0.1, 0.15) is 19.3 Å². The highest BCUT2D eigenvalue weighted by Gasteiger charge is 2.32. The summed E-state index contributed by atoms with van der Waals surface area (Å²) in [4.78, 5) is 13.1. The molecule has 0 spiro atoms. The lowest BCUT2D eigenvalue weighted by molar-refractivity contribution is -0.141. The third-order valence-corrected chi connectivity index (χ3v) is 3.06. The van der Waals surface area contributed by atoms with Crippen LogP contribution in [0.4, 0.5) is 0 Å². The van der Waals surface area contributed by atoms with E-state index in [1.807, 2.05) is 0 Å². The second-order valence-electron chi connectivity index (χ2n) is 3.94. The number of carboxylic acid groups (broad SMARTS) is 1. The van der Waals surface area contributed by atoms with Gasteiger partial charge in [-0.1, -0.05) is 6.42 Å². The first kappa shape index (κ1) is 8.97. The monoisotopic (exact) mass is 184 g/mol. The highest BCUT2D eigenvalue weighted by atomic mass is 16.4. The summed E-state index contributed by atoms with van der Waals surface area (Å²) in [6.45, 7) is 2.60. The first-order chi connectivity index (χ1) is 6.27. The molecule has 0 radical (unpaired) electrons. The number of carbonyl (C=O) groups is 1. The third-order valence-electron chi connectivity index (χ3n) is 3.06. The van der Waals surface area contributed by atoms with Crippen molar-refractivity contribution in [2.45, 2.75) is 31.3 Å². The summed E-state index contributed by atoms with van der Waals surface area (Å²) < 4.78 is 0. The van der Waals surface area contributed by atoms with Gasteiger partial charge in [0.15, 0.2) is 0 Å². The molecule has 13 heavy (non-hydrogen) atoms. The van der Waals surface area contributed by atoms with Crippen molar-refractivity contribution in [3.63, 3.8) is 0 Å². The maximum absolute atomic E-state index is 10.7. The Hall–Kier alpha value is -0.610. The van der Waals surface area contributed by atoms with Gasteiger partial charge in [-0.25, -0.2) is 0 Å². The minimum absolute atomic E-state index is 0.352. The molecule has 2 saturated heterocycles. The van der Waals surface area contributed by atoms with Crippen molar-refractivity contribution in [3.05, 3.63) is 0 Å². The summed E-state index contributed by atoms with van der Waals surface area (Å²) in [6.07, 6.45) is 3.74. The molecule has 0 aromatic carbocycles. The van der Waals surface area contributed by atoms with Crippen LogP contribution in [0.2, 0.25) is 0 Å². The molecule has 2 fully saturated rings. The molecule has 2 N–H and O–H groups in total. The van der Waals surface area contributed by atoms with Gasteiger partial charge >= 0.3 is 5.97 Å². The van der Waals surface area contributed by atoms with E-state index in [0.717, 1.165) is 13.1 Å². The number of piperazine rings is 1. The number of hydrogen-bond donors (Lipinski definition) is 2. The van der Waals surface area contributed by atoms with Crippen LogP contribution in [-0.4, -0.2) is 47.7 Å². The minimum Gasteiger partial charge on any atom is -0.480 e. The predicted octanol–water partition coefficient (Wildman–Crippen LogP) is -0.103. The molecular formula is C9H16N2O2. The Kier molecular flexibility index (Phi) is 2.51. The topological polar surface area (TPSA) is 52.6 Å². The fourth-order valence-corrected chi connectivity index (χ4v) is 2.27. The summed E-state index contributed by atoms with van der Waals surface area (Å²) in [6, 6.07) is 0.235. The van der Waals surface area contributed by atoms with E-state index in [-0.39, 0.29) is 6.04 Å². The van der Waals surface area contributed by atoms with Crippen LogP contribution in [-0.2, 0) is 4.79 Å². The number of carboxylic acids is 1. The van der Waals surface area contributed by atoms with Crippen LogP contribution in [0, 0.1) is 0 Å². The van der Waals surface area contributed by atoms with Gasteiger partial charge in [0.1, 0.15) is 6.04 Å². The molecule has 2 heterocycles. The van der Waals surface area contributed by atoms with Gasteiger partial charge in [-0.05, 0) is 19.4 Å². The van der Waals surface area contributed by atoms with Crippen molar-refractivity contribution in [2.75, 3.05) is 19.6 Å². The number of aliphatic carboxylic acids is 1. The van der Waals surface area contributed by atoms with E-state index < -0.39 is 5.97 Å². The number of rotatable bonds is 1. The summed E-state index contributed by atoms with van der Waals surface area (Å²) in [5.41, 5.74) is 0. The largest absolute Gasteiger partial charge is 0.480 e. The van der Waals surface area contributed by atoms with Crippen LogP contribution in [0.25, 0.3) is 0 Å². The van der Waals surface area contributed by atoms with E-state index >= 15 is 0 Å². The molecular weight excluding hydrogens is 168 g/mol. The molecule has 0 amide bonds. The lowest BCUT2D eigenvalue weighted by atomic mass is 9.98. The van der Waals surface area contributed by atoms with Crippen LogP contribution in [0.3, 0.4) is 0 Å². The SMILES string of the molecule is O=C(O)C1CN2CCCCC2CN1. The van der Waals surface area contributed by atoms with Gasteiger partial charge in [-0.2, -0.15) is 0 Å². The average molecular weight is 184 g/mol. The molecule has 0 saturated carbocycles. The second-order valence-corrected chi connectivity index (χ2v) is 3.94. The van der Waals surface area contributed by atoms with Crippen LogP contribution in [0.5, 0.6) is 0 Å². The standard InChI is InChI=1S/C9H16N2O2/c12-9(13)8-6-11-4-2-1-3-7(11)5-10-8/h7-8,10H,1-6H2,(H,12,13). The van der Waals surface area contributed by atoms with E-state index in [0.29, 0.717) is 12.6 Å². The minimum atomic E-state index is -0.718. The van der Waals surface area contributed by atoms with Crippen LogP contribution < -0.4 is 5.32 Å². The van der Waals surface area contributed by atoms with Crippen molar-refractivity contribution in [2.24, 2.45) is 0 Å². The zero-order chi connectivity index (χ0) is 9.26. The molecule has 2 rings (SSSR count). The van der Waals surface area contributed by atoms with Crippen molar-refractivity contribution >= 4 is 5.97 Å². The molecule has 74 valence electrons. The second kappa shape index (κ2) is 3.64. The maximum atomic E-state index is 10.7. The molecule has 2 atom stereocenters. The van der Waals surface area contributed by atoms with Gasteiger partial charge in [-0.15, -0.1) is 0 Å². The maximum Gasteiger partial charge on any atom is 0.322 e. The third kappa shape index (κ3) is 1.84. The molecule has 0 aromatic heterocycles. The van der Waals surface area contributed by atoms with Gasteiger partial charge < -0.3 is 10.4 Å². The molecule has 2 aliphatic rings. The van der Waals surface area contributed by atoms with E-state index in [2.05, 4.69) is 10.2 Å². The Morgan fingerprint density at radius 3 is 3.08 bits per heavy atom. The first-order valence-corrected chi connectivity index (χ1v) is 4.97. The predicted molar refractivity (Wildman–Crippen MR) is 48.6 cm³/mol. The summed E-state index contributed by atoms with van der Waals surface area (Å²) >= 11 is 0. The molecule has 4 nitrogen and oxygen atoms in total. The van der Waals surface area contributed by atoms with E-state index in [1.54, 1.807) is 0 Å². The fourth-order valence-electron chi connectivity index (χ4n) is 2.27. The summed E-state index contributed by atoms with van der Waals surface area (Å²) in [7, 11) is 0. The molecule has 0 bridgehead atoms. The summed E-state index contributed by atoms with van der Waals surface area (Å²) in [5.74, 6) is -0.718. The lowest BCUT2D eigenvalue weighted by Gasteiger charge is -2.41. The van der Waals surface area contributed by atoms with Crippen LogP contribution >= 0.6 is 0 Å². The molecule has 0 aromatic rings. The Balaban J connectivity index is 1.95. The van der Waals surface area contributed by atoms with Gasteiger partial charge in [0.05, 0.1) is 0 Å². The van der Waals surface area contributed by atoms with Gasteiger partial charge in [0, 0.05) is 19.1 Å². The van der Waals surface area contributed by atoms with Crippen molar-refractivity contribution in [1.82, 2.24) is 10.2 Å². The first-order valence-electron chi connectivity index (χ1n) is 4.97. The Morgan fingerprint density at radius 2 is 2.31 bits per heavy atom. The number of nitrogens with one attached hydrogen (secondary N) is 1. The highest BCUT2D eigenvalue weighted by Crippen LogP contribution is 2.19. The van der Waals surface area contributed by atoms with Crippen molar-refractivity contribution < 1.29 is 9.90 Å².